The number of alkyl halides is 3. The van der Waals surface area contributed by atoms with Gasteiger partial charge in [0.25, 0.3) is 11.8 Å². The van der Waals surface area contributed by atoms with Crippen molar-refractivity contribution >= 4 is 39.7 Å². The normalized spacial score (nSPS) is 17.4. The van der Waals surface area contributed by atoms with Crippen LogP contribution in [0.3, 0.4) is 0 Å². The van der Waals surface area contributed by atoms with E-state index in [0.29, 0.717) is 16.7 Å². The van der Waals surface area contributed by atoms with Gasteiger partial charge in [-0.05, 0) is 73.7 Å². The van der Waals surface area contributed by atoms with Gasteiger partial charge in [-0.2, -0.15) is 17.5 Å². The van der Waals surface area contributed by atoms with Crippen LogP contribution in [0.25, 0.3) is 6.08 Å². The Morgan fingerprint density at radius 2 is 1.76 bits per heavy atom. The maximum atomic E-state index is 13.1. The van der Waals surface area contributed by atoms with E-state index >= 15 is 0 Å². The summed E-state index contributed by atoms with van der Waals surface area (Å²) in [6.45, 7) is 2.89. The van der Waals surface area contributed by atoms with Gasteiger partial charge in [0.2, 0.25) is 10.0 Å². The Morgan fingerprint density at radius 1 is 1.14 bits per heavy atom. The van der Waals surface area contributed by atoms with Crippen molar-refractivity contribution in [3.05, 3.63) is 75.2 Å². The summed E-state index contributed by atoms with van der Waals surface area (Å²) in [4.78, 5) is 41.8. The minimum Gasteiger partial charge on any atom is -0.480 e. The number of aryl methyl sites for hydroxylation is 2. The molecular weight excluding hydrogens is 577 g/mol. The van der Waals surface area contributed by atoms with Gasteiger partial charge < -0.3 is 15.3 Å². The van der Waals surface area contributed by atoms with Gasteiger partial charge in [0, 0.05) is 36.7 Å². The Hall–Kier alpha value is -4.04. The molecule has 2 aliphatic heterocycles. The number of carboxylic acid groups (broad SMARTS) is 1. The van der Waals surface area contributed by atoms with Crippen LogP contribution < -0.4 is 5.32 Å². The first kappa shape index (κ1) is 30.9. The number of carbonyl (C=O) groups excluding carboxylic acids is 2. The summed E-state index contributed by atoms with van der Waals surface area (Å²) in [5, 5.41) is 12.5. The molecule has 2 aromatic rings. The number of hydrogen-bond donors (Lipinski definition) is 2. The molecule has 2 heterocycles. The summed E-state index contributed by atoms with van der Waals surface area (Å²) in [5.41, 5.74) is 0.0473. The fraction of sp³-hybridized carbons (Fsp3) is 0.357. The highest BCUT2D eigenvalue weighted by Gasteiger charge is 2.47. The molecule has 1 spiro atoms. The average Bonchev–Trinajstić information content (AvgIpc) is 3.22. The monoisotopic (exact) mass is 606 g/mol. The van der Waals surface area contributed by atoms with Crippen LogP contribution in [-0.2, 0) is 25.8 Å². The quantitative estimate of drug-likeness (QED) is 0.497. The molecule has 0 bridgehead atoms. The number of likely N-dealkylation sites (N-methyl/N-ethyl adjacent to an activating group) is 1. The predicted molar refractivity (Wildman–Crippen MR) is 148 cm³/mol. The molecule has 4 rings (SSSR count). The van der Waals surface area contributed by atoms with E-state index < -0.39 is 51.6 Å². The minimum atomic E-state index is -4.56. The number of aliphatic carboxylic acids is 1. The number of carboxylic acids is 1. The van der Waals surface area contributed by atoms with Crippen LogP contribution in [0, 0.1) is 13.8 Å². The Balaban J connectivity index is 1.47. The number of carbonyl (C=O) groups is 3. The Morgan fingerprint density at radius 3 is 2.33 bits per heavy atom. The Labute approximate surface area is 240 Å². The topological polar surface area (TPSA) is 136 Å². The highest BCUT2D eigenvalue weighted by molar-refractivity contribution is 7.92. The summed E-state index contributed by atoms with van der Waals surface area (Å²) in [7, 11) is -2.54. The van der Waals surface area contributed by atoms with Gasteiger partial charge >= 0.3 is 12.1 Å². The van der Waals surface area contributed by atoms with Gasteiger partial charge in [0.15, 0.2) is 0 Å². The first-order valence-corrected chi connectivity index (χ1v) is 14.4. The zero-order valence-electron chi connectivity index (χ0n) is 23.0. The van der Waals surface area contributed by atoms with Gasteiger partial charge in [0.1, 0.15) is 17.9 Å². The molecule has 0 radical (unpaired) electrons. The Kier molecular flexibility index (Phi) is 8.33. The van der Waals surface area contributed by atoms with Crippen molar-refractivity contribution in [3.63, 3.8) is 0 Å². The zero-order chi connectivity index (χ0) is 31.0. The van der Waals surface area contributed by atoms with E-state index in [-0.39, 0.29) is 42.9 Å². The van der Waals surface area contributed by atoms with Gasteiger partial charge in [0.05, 0.1) is 5.56 Å². The molecule has 2 aromatic carbocycles. The third-order valence-corrected chi connectivity index (χ3v) is 8.88. The number of benzene rings is 2. The summed E-state index contributed by atoms with van der Waals surface area (Å²) in [5.74, 6) is -2.10. The molecule has 0 saturated carbocycles. The lowest BCUT2D eigenvalue weighted by molar-refractivity contribution is -0.138. The lowest BCUT2D eigenvalue weighted by atomic mass is 9.89. The van der Waals surface area contributed by atoms with Crippen LogP contribution >= 0.6 is 0 Å². The van der Waals surface area contributed by atoms with E-state index in [1.54, 1.807) is 26.0 Å². The molecule has 2 amide bonds. The fourth-order valence-electron chi connectivity index (χ4n) is 5.04. The number of piperidine rings is 1. The molecule has 0 aromatic heterocycles. The summed E-state index contributed by atoms with van der Waals surface area (Å²) in [6.07, 6.45) is -3.04. The first-order valence-electron chi connectivity index (χ1n) is 12.9. The second kappa shape index (κ2) is 11.3. The van der Waals surface area contributed by atoms with Crippen LogP contribution in [0.5, 0.6) is 0 Å². The fourth-order valence-corrected chi connectivity index (χ4v) is 6.21. The maximum absolute atomic E-state index is 13.1. The van der Waals surface area contributed by atoms with E-state index in [9.17, 15) is 36.0 Å². The number of hydrogen-bond acceptors (Lipinski definition) is 6. The first-order chi connectivity index (χ1) is 19.5. The van der Waals surface area contributed by atoms with Crippen molar-refractivity contribution in [1.82, 2.24) is 14.5 Å². The molecule has 0 atom stereocenters. The maximum Gasteiger partial charge on any atom is 0.416 e. The molecule has 2 aliphatic rings. The Bertz CT molecular complexity index is 1590. The predicted octanol–water partition coefficient (Wildman–Crippen LogP) is 3.19. The van der Waals surface area contributed by atoms with Crippen LogP contribution in [-0.4, -0.2) is 78.6 Å². The van der Waals surface area contributed by atoms with E-state index in [0.717, 1.165) is 22.4 Å². The molecule has 2 N–H and O–H groups in total. The number of rotatable bonds is 7. The summed E-state index contributed by atoms with van der Waals surface area (Å²) >= 11 is 0. The molecule has 14 heteroatoms. The second-order valence-corrected chi connectivity index (χ2v) is 12.2. The van der Waals surface area contributed by atoms with Crippen molar-refractivity contribution in [1.29, 1.82) is 0 Å². The largest absolute Gasteiger partial charge is 0.480 e. The number of halogens is 3. The molecular formula is C28H29F3N4O6S. The third-order valence-electron chi connectivity index (χ3n) is 7.32. The summed E-state index contributed by atoms with van der Waals surface area (Å²) in [6, 6.07) is 7.59. The van der Waals surface area contributed by atoms with Crippen LogP contribution in [0.4, 0.5) is 13.2 Å². The van der Waals surface area contributed by atoms with E-state index in [1.165, 1.54) is 29.6 Å². The lowest BCUT2D eigenvalue weighted by Crippen LogP contribution is -2.50. The standard InChI is InChI=1S/C28H29F3N4O6S/c1-17-13-20(25(38)34(3)16-23(36)37)14-18(2)22(17)7-12-42(40,41)35-10-8-27(9-11-35)26(39)32-24(33-27)19-5-4-6-21(15-19)28(29,30)31/h4-7,12-15H,8-11,16H2,1-3H3,(H,36,37)(H,32,33,39). The molecule has 1 fully saturated rings. The van der Waals surface area contributed by atoms with E-state index in [2.05, 4.69) is 10.3 Å². The highest BCUT2D eigenvalue weighted by atomic mass is 32.2. The van der Waals surface area contributed by atoms with Crippen LogP contribution in [0.2, 0.25) is 0 Å². The number of amides is 2. The van der Waals surface area contributed by atoms with Gasteiger partial charge in [-0.3, -0.25) is 19.4 Å². The van der Waals surface area contributed by atoms with Crippen LogP contribution in [0.1, 0.15) is 51.0 Å². The highest BCUT2D eigenvalue weighted by Crippen LogP contribution is 2.34. The van der Waals surface area contributed by atoms with Crippen molar-refractivity contribution in [2.45, 2.75) is 38.4 Å². The molecule has 0 aliphatic carbocycles. The SMILES string of the molecule is Cc1cc(C(=O)N(C)CC(=O)O)cc(C)c1C=CS(=O)(=O)N1CCC2(CC1)N=C(c1cccc(C(F)(F)F)c1)NC2=O. The van der Waals surface area contributed by atoms with Crippen molar-refractivity contribution in [2.24, 2.45) is 4.99 Å². The number of sulfonamides is 1. The van der Waals surface area contributed by atoms with Gasteiger partial charge in [-0.1, -0.05) is 12.1 Å². The number of nitrogens with zero attached hydrogens (tertiary/aromatic N) is 3. The number of amidine groups is 1. The molecule has 224 valence electrons. The molecule has 10 nitrogen and oxygen atoms in total. The number of nitrogens with one attached hydrogen (secondary N) is 1. The van der Waals surface area contributed by atoms with E-state index in [1.807, 2.05) is 0 Å². The second-order valence-electron chi connectivity index (χ2n) is 10.4. The molecule has 42 heavy (non-hydrogen) atoms. The summed E-state index contributed by atoms with van der Waals surface area (Å²) < 4.78 is 66.9. The third kappa shape index (κ3) is 6.39. The zero-order valence-corrected chi connectivity index (χ0v) is 23.8. The van der Waals surface area contributed by atoms with E-state index in [4.69, 9.17) is 5.11 Å². The smallest absolute Gasteiger partial charge is 0.416 e. The van der Waals surface area contributed by atoms with Crippen LogP contribution in [0.15, 0.2) is 46.8 Å². The number of aliphatic imine (C=N–C) groups is 1. The average molecular weight is 607 g/mol. The van der Waals surface area contributed by atoms with Crippen molar-refractivity contribution in [2.75, 3.05) is 26.7 Å². The van der Waals surface area contributed by atoms with Crippen molar-refractivity contribution in [3.8, 4) is 0 Å². The molecule has 1 saturated heterocycles. The van der Waals surface area contributed by atoms with Gasteiger partial charge in [-0.15, -0.1) is 0 Å². The lowest BCUT2D eigenvalue weighted by Gasteiger charge is -2.34. The van der Waals surface area contributed by atoms with Gasteiger partial charge in [-0.25, -0.2) is 8.42 Å². The molecule has 0 unspecified atom stereocenters. The van der Waals surface area contributed by atoms with Crippen molar-refractivity contribution < 1.29 is 41.1 Å². The minimum absolute atomic E-state index is 0.0179.